The quantitative estimate of drug-likeness (QED) is 0.877. The van der Waals surface area contributed by atoms with Crippen LogP contribution in [0.5, 0.6) is 0 Å². The zero-order chi connectivity index (χ0) is 18.4. The van der Waals surface area contributed by atoms with Crippen LogP contribution in [0, 0.1) is 0 Å². The lowest BCUT2D eigenvalue weighted by atomic mass is 10.1. The molecule has 26 heavy (non-hydrogen) atoms. The van der Waals surface area contributed by atoms with Gasteiger partial charge < -0.3 is 15.0 Å². The van der Waals surface area contributed by atoms with Crippen LogP contribution in [-0.4, -0.2) is 43.0 Å². The Balaban J connectivity index is 1.51. The molecule has 2 amide bonds. The predicted molar refractivity (Wildman–Crippen MR) is 101 cm³/mol. The van der Waals surface area contributed by atoms with Gasteiger partial charge in [0.1, 0.15) is 0 Å². The van der Waals surface area contributed by atoms with Crippen molar-refractivity contribution >= 4 is 29.1 Å². The minimum absolute atomic E-state index is 0.0931. The third kappa shape index (κ3) is 5.31. The monoisotopic (exact) mass is 372 g/mol. The molecule has 2 aromatic carbocycles. The van der Waals surface area contributed by atoms with Gasteiger partial charge in [0.2, 0.25) is 11.8 Å². The Kier molecular flexibility index (Phi) is 6.26. The SMILES string of the molecule is O=C(Cc1ccc(Cl)cc1)Nc1ccc(CC(=O)N2CCOCC2)cc1. The summed E-state index contributed by atoms with van der Waals surface area (Å²) in [5.74, 6) is 0.0114. The van der Waals surface area contributed by atoms with E-state index in [4.69, 9.17) is 16.3 Å². The number of nitrogens with zero attached hydrogens (tertiary/aromatic N) is 1. The molecule has 0 atom stereocenters. The molecule has 0 unspecified atom stereocenters. The van der Waals surface area contributed by atoms with Crippen LogP contribution in [0.3, 0.4) is 0 Å². The first-order valence-corrected chi connectivity index (χ1v) is 8.97. The maximum absolute atomic E-state index is 12.2. The van der Waals surface area contributed by atoms with Crippen molar-refractivity contribution in [1.29, 1.82) is 0 Å². The van der Waals surface area contributed by atoms with Crippen LogP contribution in [-0.2, 0) is 27.2 Å². The van der Waals surface area contributed by atoms with E-state index < -0.39 is 0 Å². The number of rotatable bonds is 5. The fourth-order valence-corrected chi connectivity index (χ4v) is 2.92. The smallest absolute Gasteiger partial charge is 0.228 e. The summed E-state index contributed by atoms with van der Waals surface area (Å²) in [6, 6.07) is 14.6. The summed E-state index contributed by atoms with van der Waals surface area (Å²) in [4.78, 5) is 26.2. The van der Waals surface area contributed by atoms with E-state index in [-0.39, 0.29) is 18.2 Å². The van der Waals surface area contributed by atoms with Crippen LogP contribution in [0.15, 0.2) is 48.5 Å². The topological polar surface area (TPSA) is 58.6 Å². The van der Waals surface area contributed by atoms with Crippen molar-refractivity contribution in [3.63, 3.8) is 0 Å². The molecule has 0 saturated carbocycles. The van der Waals surface area contributed by atoms with E-state index in [1.165, 1.54) is 0 Å². The molecule has 1 heterocycles. The highest BCUT2D eigenvalue weighted by molar-refractivity contribution is 6.30. The van der Waals surface area contributed by atoms with Crippen LogP contribution in [0.25, 0.3) is 0 Å². The number of nitrogens with one attached hydrogen (secondary N) is 1. The van der Waals surface area contributed by atoms with Gasteiger partial charge in [0.25, 0.3) is 0 Å². The summed E-state index contributed by atoms with van der Waals surface area (Å²) in [5.41, 5.74) is 2.54. The molecular weight excluding hydrogens is 352 g/mol. The van der Waals surface area contributed by atoms with Crippen LogP contribution < -0.4 is 5.32 Å². The molecule has 136 valence electrons. The molecule has 3 rings (SSSR count). The first kappa shape index (κ1) is 18.4. The van der Waals surface area contributed by atoms with Gasteiger partial charge in [-0.25, -0.2) is 0 Å². The number of hydrogen-bond acceptors (Lipinski definition) is 3. The van der Waals surface area contributed by atoms with Crippen molar-refractivity contribution in [3.05, 3.63) is 64.7 Å². The van der Waals surface area contributed by atoms with Gasteiger partial charge in [-0.1, -0.05) is 35.9 Å². The standard InChI is InChI=1S/C20H21ClN2O3/c21-17-5-1-15(2-6-17)13-19(24)22-18-7-3-16(4-8-18)14-20(25)23-9-11-26-12-10-23/h1-8H,9-14H2,(H,22,24). The van der Waals surface area contributed by atoms with Gasteiger partial charge in [-0.15, -0.1) is 0 Å². The summed E-state index contributed by atoms with van der Waals surface area (Å²) in [7, 11) is 0. The van der Waals surface area contributed by atoms with E-state index in [9.17, 15) is 9.59 Å². The number of carbonyl (C=O) groups is 2. The van der Waals surface area contributed by atoms with Gasteiger partial charge in [-0.3, -0.25) is 9.59 Å². The normalized spacial score (nSPS) is 14.1. The molecule has 5 nitrogen and oxygen atoms in total. The summed E-state index contributed by atoms with van der Waals surface area (Å²) in [6.07, 6.45) is 0.646. The summed E-state index contributed by atoms with van der Waals surface area (Å²) in [5, 5.41) is 3.51. The van der Waals surface area contributed by atoms with Gasteiger partial charge in [0.05, 0.1) is 26.1 Å². The molecule has 1 aliphatic rings. The van der Waals surface area contributed by atoms with E-state index in [0.717, 1.165) is 11.1 Å². The molecule has 1 N–H and O–H groups in total. The molecule has 6 heteroatoms. The van der Waals surface area contributed by atoms with Gasteiger partial charge in [0.15, 0.2) is 0 Å². The highest BCUT2D eigenvalue weighted by atomic mass is 35.5. The molecule has 1 fully saturated rings. The number of carbonyl (C=O) groups excluding carboxylic acids is 2. The van der Waals surface area contributed by atoms with Crippen molar-refractivity contribution < 1.29 is 14.3 Å². The number of anilines is 1. The summed E-state index contributed by atoms with van der Waals surface area (Å²) in [6.45, 7) is 2.50. The largest absolute Gasteiger partial charge is 0.378 e. The van der Waals surface area contributed by atoms with Gasteiger partial charge >= 0.3 is 0 Å². The maximum atomic E-state index is 12.2. The number of hydrogen-bond donors (Lipinski definition) is 1. The lowest BCUT2D eigenvalue weighted by molar-refractivity contribution is -0.134. The molecule has 0 aromatic heterocycles. The Hall–Kier alpha value is -2.37. The second-order valence-electron chi connectivity index (χ2n) is 6.22. The van der Waals surface area contributed by atoms with E-state index in [1.54, 1.807) is 12.1 Å². The van der Waals surface area contributed by atoms with Crippen LogP contribution in [0.4, 0.5) is 5.69 Å². The van der Waals surface area contributed by atoms with Gasteiger partial charge in [-0.05, 0) is 35.4 Å². The Bertz CT molecular complexity index is 754. The fraction of sp³-hybridized carbons (Fsp3) is 0.300. The second kappa shape index (κ2) is 8.83. The molecule has 0 bridgehead atoms. The molecule has 0 radical (unpaired) electrons. The molecule has 2 aromatic rings. The fourth-order valence-electron chi connectivity index (χ4n) is 2.80. The first-order valence-electron chi connectivity index (χ1n) is 8.59. The lowest BCUT2D eigenvalue weighted by Crippen LogP contribution is -2.41. The Morgan fingerprint density at radius 1 is 0.923 bits per heavy atom. The molecule has 1 saturated heterocycles. The first-order chi connectivity index (χ1) is 12.6. The average Bonchev–Trinajstić information content (AvgIpc) is 2.66. The van der Waals surface area contributed by atoms with Crippen molar-refractivity contribution in [2.75, 3.05) is 31.6 Å². The molecule has 1 aliphatic heterocycles. The van der Waals surface area contributed by atoms with Crippen LogP contribution in [0.2, 0.25) is 5.02 Å². The zero-order valence-corrected chi connectivity index (χ0v) is 15.2. The van der Waals surface area contributed by atoms with Crippen molar-refractivity contribution in [2.24, 2.45) is 0 Å². The van der Waals surface area contributed by atoms with E-state index in [1.807, 2.05) is 41.3 Å². The van der Waals surface area contributed by atoms with Crippen molar-refractivity contribution in [2.45, 2.75) is 12.8 Å². The number of halogens is 1. The number of amides is 2. The molecule has 0 aliphatic carbocycles. The Labute approximate surface area is 157 Å². The molecular formula is C20H21ClN2O3. The Morgan fingerprint density at radius 2 is 1.50 bits per heavy atom. The predicted octanol–water partition coefficient (Wildman–Crippen LogP) is 2.92. The number of benzene rings is 2. The number of ether oxygens (including phenoxy) is 1. The maximum Gasteiger partial charge on any atom is 0.228 e. The summed E-state index contributed by atoms with van der Waals surface area (Å²) >= 11 is 5.84. The lowest BCUT2D eigenvalue weighted by Gasteiger charge is -2.26. The number of morpholine rings is 1. The minimum Gasteiger partial charge on any atom is -0.378 e. The Morgan fingerprint density at radius 3 is 2.15 bits per heavy atom. The molecule has 0 spiro atoms. The third-order valence-corrected chi connectivity index (χ3v) is 4.49. The highest BCUT2D eigenvalue weighted by Crippen LogP contribution is 2.14. The average molecular weight is 373 g/mol. The van der Waals surface area contributed by atoms with E-state index in [0.29, 0.717) is 43.4 Å². The van der Waals surface area contributed by atoms with Crippen molar-refractivity contribution in [3.8, 4) is 0 Å². The second-order valence-corrected chi connectivity index (χ2v) is 6.65. The van der Waals surface area contributed by atoms with Gasteiger partial charge in [-0.2, -0.15) is 0 Å². The van der Waals surface area contributed by atoms with Crippen LogP contribution >= 0.6 is 11.6 Å². The highest BCUT2D eigenvalue weighted by Gasteiger charge is 2.16. The summed E-state index contributed by atoms with van der Waals surface area (Å²) < 4.78 is 5.26. The van der Waals surface area contributed by atoms with E-state index >= 15 is 0 Å². The van der Waals surface area contributed by atoms with Gasteiger partial charge in [0, 0.05) is 23.8 Å². The third-order valence-electron chi connectivity index (χ3n) is 4.23. The zero-order valence-electron chi connectivity index (χ0n) is 14.4. The minimum atomic E-state index is -0.0931. The van der Waals surface area contributed by atoms with Crippen LogP contribution in [0.1, 0.15) is 11.1 Å². The van der Waals surface area contributed by atoms with Crippen molar-refractivity contribution in [1.82, 2.24) is 4.90 Å². The van der Waals surface area contributed by atoms with E-state index in [2.05, 4.69) is 5.32 Å².